The van der Waals surface area contributed by atoms with Gasteiger partial charge in [0.15, 0.2) is 17.4 Å². The van der Waals surface area contributed by atoms with E-state index in [-0.39, 0.29) is 30.3 Å². The highest BCUT2D eigenvalue weighted by molar-refractivity contribution is 7.20. The van der Waals surface area contributed by atoms with E-state index in [1.54, 1.807) is 42.5 Å². The van der Waals surface area contributed by atoms with Crippen molar-refractivity contribution in [3.05, 3.63) is 47.4 Å². The van der Waals surface area contributed by atoms with E-state index in [1.165, 1.54) is 6.08 Å². The van der Waals surface area contributed by atoms with Gasteiger partial charge in [0.25, 0.3) is 0 Å². The molecule has 1 N–H and O–H groups in total. The van der Waals surface area contributed by atoms with Gasteiger partial charge in [-0.05, 0) is 31.2 Å². The van der Waals surface area contributed by atoms with E-state index in [0.29, 0.717) is 38.7 Å². The zero-order valence-electron chi connectivity index (χ0n) is 22.6. The Balaban J connectivity index is 1.26. The van der Waals surface area contributed by atoms with E-state index < -0.39 is 0 Å². The number of amides is 1. The van der Waals surface area contributed by atoms with Gasteiger partial charge in [-0.1, -0.05) is 30.0 Å². The van der Waals surface area contributed by atoms with E-state index in [2.05, 4.69) is 21.6 Å². The number of aromatic nitrogens is 2. The van der Waals surface area contributed by atoms with Gasteiger partial charge in [0, 0.05) is 57.7 Å². The van der Waals surface area contributed by atoms with Crippen molar-refractivity contribution in [3.8, 4) is 29.0 Å². The third-order valence-electron chi connectivity index (χ3n) is 6.95. The van der Waals surface area contributed by atoms with Gasteiger partial charge in [-0.3, -0.25) is 14.5 Å². The normalized spacial score (nSPS) is 16.3. The van der Waals surface area contributed by atoms with Crippen molar-refractivity contribution in [2.24, 2.45) is 0 Å². The summed E-state index contributed by atoms with van der Waals surface area (Å²) in [6.45, 7) is 8.05. The molecule has 0 radical (unpaired) electrons. The lowest BCUT2D eigenvalue weighted by molar-refractivity contribution is -0.134. The lowest BCUT2D eigenvalue weighted by atomic mass is 10.2. The van der Waals surface area contributed by atoms with Gasteiger partial charge in [0.1, 0.15) is 5.75 Å². The van der Waals surface area contributed by atoms with Crippen molar-refractivity contribution >= 4 is 39.1 Å². The number of hydrogen-bond acceptors (Lipinski definition) is 9. The van der Waals surface area contributed by atoms with Crippen LogP contribution in [0.15, 0.2) is 42.5 Å². The molecule has 2 aromatic heterocycles. The number of allylic oxidation sites excluding steroid dienone is 2. The number of piperazine rings is 1. The third kappa shape index (κ3) is 6.86. The first-order chi connectivity index (χ1) is 19.5. The first kappa shape index (κ1) is 27.8. The maximum absolute atomic E-state index is 12.4. The van der Waals surface area contributed by atoms with Gasteiger partial charge in [0.2, 0.25) is 5.91 Å². The number of carbonyl (C=O) groups excluding carboxylic acids is 2. The Labute approximate surface area is 238 Å². The van der Waals surface area contributed by atoms with Crippen molar-refractivity contribution in [2.75, 3.05) is 63.9 Å². The van der Waals surface area contributed by atoms with Gasteiger partial charge in [-0.2, -0.15) is 0 Å². The molecule has 9 nitrogen and oxygen atoms in total. The molecule has 1 aromatic carbocycles. The number of morpholine rings is 1. The van der Waals surface area contributed by atoms with Crippen LogP contribution in [0.3, 0.4) is 0 Å². The molecular weight excluding hydrogens is 526 g/mol. The van der Waals surface area contributed by atoms with Crippen LogP contribution in [-0.4, -0.2) is 95.6 Å². The average molecular weight is 560 g/mol. The maximum atomic E-state index is 12.4. The molecule has 0 unspecified atom stereocenters. The number of ketones is 1. The maximum Gasteiger partial charge on any atom is 0.223 e. The van der Waals surface area contributed by atoms with Crippen molar-refractivity contribution in [1.82, 2.24) is 19.8 Å². The molecule has 0 bridgehead atoms. The summed E-state index contributed by atoms with van der Waals surface area (Å²) in [5.41, 5.74) is 1.60. The van der Waals surface area contributed by atoms with Crippen LogP contribution in [-0.2, 0) is 14.3 Å². The summed E-state index contributed by atoms with van der Waals surface area (Å²) in [4.78, 5) is 41.1. The summed E-state index contributed by atoms with van der Waals surface area (Å²) in [6, 6.07) is 9.01. The molecule has 3 aromatic rings. The van der Waals surface area contributed by atoms with Crippen molar-refractivity contribution in [1.29, 1.82) is 0 Å². The largest absolute Gasteiger partial charge is 0.508 e. The number of phenolic OH excluding ortho intramolecular Hbond substituents is 1. The Morgan fingerprint density at radius 3 is 2.62 bits per heavy atom. The van der Waals surface area contributed by atoms with Crippen LogP contribution in [0, 0.1) is 11.8 Å². The topological polar surface area (TPSA) is 99.1 Å². The molecule has 1 amide bonds. The summed E-state index contributed by atoms with van der Waals surface area (Å²) in [6.07, 6.45) is 3.75. The van der Waals surface area contributed by atoms with Gasteiger partial charge in [0.05, 0.1) is 34.9 Å². The number of carbonyl (C=O) groups is 2. The fourth-order valence-electron chi connectivity index (χ4n) is 4.79. The Morgan fingerprint density at radius 1 is 1.07 bits per heavy atom. The van der Waals surface area contributed by atoms with Gasteiger partial charge in [-0.15, -0.1) is 11.3 Å². The average Bonchev–Trinajstić information content (AvgIpc) is 3.39. The molecule has 5 rings (SSSR count). The van der Waals surface area contributed by atoms with Crippen molar-refractivity contribution in [3.63, 3.8) is 0 Å². The molecule has 40 heavy (non-hydrogen) atoms. The Hall–Kier alpha value is -3.78. The molecule has 208 valence electrons. The van der Waals surface area contributed by atoms with Crippen LogP contribution < -0.4 is 4.90 Å². The van der Waals surface area contributed by atoms with Gasteiger partial charge < -0.3 is 19.6 Å². The summed E-state index contributed by atoms with van der Waals surface area (Å²) < 4.78 is 6.55. The molecule has 0 saturated carbocycles. The number of benzene rings is 1. The molecule has 2 fully saturated rings. The smallest absolute Gasteiger partial charge is 0.223 e. The predicted molar refractivity (Wildman–Crippen MR) is 157 cm³/mol. The molecule has 0 atom stereocenters. The minimum Gasteiger partial charge on any atom is -0.508 e. The number of ether oxygens (including phenoxy) is 1. The lowest BCUT2D eigenvalue weighted by Gasteiger charge is -2.33. The second-order valence-electron chi connectivity index (χ2n) is 9.77. The number of anilines is 1. The van der Waals surface area contributed by atoms with E-state index in [0.717, 1.165) is 52.7 Å². The summed E-state index contributed by atoms with van der Waals surface area (Å²) >= 11 is 1.59. The molecule has 2 aliphatic rings. The Bertz CT molecular complexity index is 1460. The highest BCUT2D eigenvalue weighted by atomic mass is 32.1. The third-order valence-corrected chi connectivity index (χ3v) is 7.98. The first-order valence-corrected chi connectivity index (χ1v) is 14.4. The molecule has 0 aliphatic carbocycles. The SMILES string of the molecule is CC=CC(=O)CCC(=O)N1CCN(CC#Cc2cc3nc(-c4cccc(O)c4)nc(N4CCOCC4)c3s2)CC1. The molecule has 4 heterocycles. The van der Waals surface area contributed by atoms with Crippen molar-refractivity contribution in [2.45, 2.75) is 19.8 Å². The van der Waals surface area contributed by atoms with E-state index in [4.69, 9.17) is 14.7 Å². The number of fused-ring (bicyclic) bond motifs is 1. The second-order valence-corrected chi connectivity index (χ2v) is 10.8. The van der Waals surface area contributed by atoms with Crippen LogP contribution in [0.5, 0.6) is 5.75 Å². The van der Waals surface area contributed by atoms with E-state index in [1.807, 2.05) is 17.0 Å². The van der Waals surface area contributed by atoms with Gasteiger partial charge in [-0.25, -0.2) is 9.97 Å². The van der Waals surface area contributed by atoms with E-state index in [9.17, 15) is 14.7 Å². The zero-order valence-corrected chi connectivity index (χ0v) is 23.5. The number of phenols is 1. The quantitative estimate of drug-likeness (QED) is 0.348. The molecular formula is C30H33N5O4S. The fourth-order valence-corrected chi connectivity index (χ4v) is 5.78. The van der Waals surface area contributed by atoms with Crippen LogP contribution in [0.25, 0.3) is 21.6 Å². The lowest BCUT2D eigenvalue weighted by Crippen LogP contribution is -2.48. The van der Waals surface area contributed by atoms with Gasteiger partial charge >= 0.3 is 0 Å². The van der Waals surface area contributed by atoms with Crippen LogP contribution in [0.2, 0.25) is 0 Å². The molecule has 0 spiro atoms. The number of aromatic hydroxyl groups is 1. The number of nitrogens with zero attached hydrogens (tertiary/aromatic N) is 5. The summed E-state index contributed by atoms with van der Waals surface area (Å²) in [5.74, 6) is 8.26. The van der Waals surface area contributed by atoms with E-state index >= 15 is 0 Å². The van der Waals surface area contributed by atoms with Crippen LogP contribution >= 0.6 is 11.3 Å². The van der Waals surface area contributed by atoms with Crippen molar-refractivity contribution < 1.29 is 19.4 Å². The number of rotatable bonds is 7. The standard InChI is InChI=1S/C30H33N5O4S/c1-2-5-23(36)9-10-27(38)34-14-12-33(13-15-34)11-4-8-25-21-26-28(40-25)30(35-16-18-39-19-17-35)32-29(31-26)22-6-3-7-24(37)20-22/h2-3,5-7,20-21,37H,9-19H2,1H3. The number of hydrogen-bond donors (Lipinski definition) is 1. The highest BCUT2D eigenvalue weighted by Crippen LogP contribution is 2.34. The monoisotopic (exact) mass is 559 g/mol. The summed E-state index contributed by atoms with van der Waals surface area (Å²) in [5, 5.41) is 9.98. The minimum absolute atomic E-state index is 0.00960. The molecule has 2 saturated heterocycles. The Morgan fingerprint density at radius 2 is 1.88 bits per heavy atom. The number of thiophene rings is 1. The first-order valence-electron chi connectivity index (χ1n) is 13.6. The van der Waals surface area contributed by atoms with Crippen LogP contribution in [0.4, 0.5) is 5.82 Å². The Kier molecular flexibility index (Phi) is 9.06. The van der Waals surface area contributed by atoms with Crippen LogP contribution in [0.1, 0.15) is 24.6 Å². The fraction of sp³-hybridized carbons (Fsp3) is 0.400. The zero-order chi connectivity index (χ0) is 27.9. The predicted octanol–water partition coefficient (Wildman–Crippen LogP) is 3.32. The highest BCUT2D eigenvalue weighted by Gasteiger charge is 2.22. The minimum atomic E-state index is -0.00960. The second kappa shape index (κ2) is 13.0. The summed E-state index contributed by atoms with van der Waals surface area (Å²) in [7, 11) is 0. The molecule has 2 aliphatic heterocycles. The molecule has 10 heteroatoms.